The largest absolute Gasteiger partial charge is 0.398 e. The summed E-state index contributed by atoms with van der Waals surface area (Å²) in [4.78, 5) is 5.10. The lowest BCUT2D eigenvalue weighted by atomic mass is 10.3. The van der Waals surface area contributed by atoms with E-state index in [0.29, 0.717) is 10.6 Å². The van der Waals surface area contributed by atoms with Gasteiger partial charge in [0.25, 0.3) is 0 Å². The standard InChI is InChI=1S/C13H12ClFN2S/c1-7-3-8(2)17-13(4-7)18-12-5-9(14)10(15)6-11(12)16/h3-6H,16H2,1-2H3. The molecule has 18 heavy (non-hydrogen) atoms. The topological polar surface area (TPSA) is 38.9 Å². The maximum atomic E-state index is 13.2. The van der Waals surface area contributed by atoms with Gasteiger partial charge in [0.15, 0.2) is 0 Å². The zero-order valence-corrected chi connectivity index (χ0v) is 11.6. The molecule has 0 unspecified atom stereocenters. The molecule has 94 valence electrons. The number of aromatic nitrogens is 1. The van der Waals surface area contributed by atoms with Crippen molar-refractivity contribution in [3.63, 3.8) is 0 Å². The predicted octanol–water partition coefficient (Wildman–Crippen LogP) is 4.22. The van der Waals surface area contributed by atoms with Crippen LogP contribution in [0.2, 0.25) is 5.02 Å². The Hall–Kier alpha value is -1.26. The van der Waals surface area contributed by atoms with Gasteiger partial charge in [0.05, 0.1) is 5.02 Å². The van der Waals surface area contributed by atoms with Crippen molar-refractivity contribution < 1.29 is 4.39 Å². The average molecular weight is 283 g/mol. The van der Waals surface area contributed by atoms with Crippen LogP contribution in [0.25, 0.3) is 0 Å². The van der Waals surface area contributed by atoms with E-state index in [1.807, 2.05) is 26.0 Å². The van der Waals surface area contributed by atoms with Crippen LogP contribution in [-0.4, -0.2) is 4.98 Å². The summed E-state index contributed by atoms with van der Waals surface area (Å²) in [5, 5.41) is 0.887. The van der Waals surface area contributed by atoms with E-state index < -0.39 is 5.82 Å². The molecule has 2 aromatic rings. The number of halogens is 2. The number of benzene rings is 1. The van der Waals surface area contributed by atoms with Crippen LogP contribution < -0.4 is 5.73 Å². The van der Waals surface area contributed by atoms with E-state index in [-0.39, 0.29) is 5.02 Å². The fraction of sp³-hybridized carbons (Fsp3) is 0.154. The quantitative estimate of drug-likeness (QED) is 0.838. The molecule has 1 heterocycles. The van der Waals surface area contributed by atoms with E-state index in [2.05, 4.69) is 4.98 Å². The highest BCUT2D eigenvalue weighted by molar-refractivity contribution is 7.99. The van der Waals surface area contributed by atoms with Crippen molar-refractivity contribution in [3.05, 3.63) is 46.4 Å². The zero-order chi connectivity index (χ0) is 13.3. The lowest BCUT2D eigenvalue weighted by Crippen LogP contribution is -1.92. The van der Waals surface area contributed by atoms with Gasteiger partial charge in [0.1, 0.15) is 10.8 Å². The molecule has 2 N–H and O–H groups in total. The number of pyridine rings is 1. The van der Waals surface area contributed by atoms with E-state index >= 15 is 0 Å². The summed E-state index contributed by atoms with van der Waals surface area (Å²) in [5.74, 6) is -0.508. The highest BCUT2D eigenvalue weighted by Gasteiger charge is 2.09. The van der Waals surface area contributed by atoms with Crippen LogP contribution in [-0.2, 0) is 0 Å². The summed E-state index contributed by atoms with van der Waals surface area (Å²) >= 11 is 7.13. The van der Waals surface area contributed by atoms with Crippen molar-refractivity contribution in [2.75, 3.05) is 5.73 Å². The van der Waals surface area contributed by atoms with Crippen LogP contribution in [0.5, 0.6) is 0 Å². The van der Waals surface area contributed by atoms with Gasteiger partial charge in [-0.3, -0.25) is 0 Å². The third-order valence-corrected chi connectivity index (χ3v) is 3.62. The lowest BCUT2D eigenvalue weighted by molar-refractivity contribution is 0.628. The molecule has 0 aliphatic heterocycles. The van der Waals surface area contributed by atoms with Gasteiger partial charge < -0.3 is 5.73 Å². The first-order valence-corrected chi connectivity index (χ1v) is 6.53. The van der Waals surface area contributed by atoms with E-state index in [9.17, 15) is 4.39 Å². The Balaban J connectivity index is 2.36. The van der Waals surface area contributed by atoms with E-state index in [4.69, 9.17) is 17.3 Å². The van der Waals surface area contributed by atoms with Crippen molar-refractivity contribution in [3.8, 4) is 0 Å². The van der Waals surface area contributed by atoms with Gasteiger partial charge in [-0.15, -0.1) is 0 Å². The fourth-order valence-corrected chi connectivity index (χ4v) is 2.84. The minimum Gasteiger partial charge on any atom is -0.398 e. The van der Waals surface area contributed by atoms with Crippen molar-refractivity contribution in [2.24, 2.45) is 0 Å². The highest BCUT2D eigenvalue weighted by atomic mass is 35.5. The molecule has 0 aliphatic rings. The van der Waals surface area contributed by atoms with Crippen LogP contribution in [0.15, 0.2) is 34.2 Å². The maximum absolute atomic E-state index is 13.2. The van der Waals surface area contributed by atoms with Gasteiger partial charge in [0.2, 0.25) is 0 Å². The molecule has 0 amide bonds. The molecule has 0 spiro atoms. The maximum Gasteiger partial charge on any atom is 0.143 e. The van der Waals surface area contributed by atoms with Gasteiger partial charge in [-0.05, 0) is 43.7 Å². The smallest absolute Gasteiger partial charge is 0.143 e. The number of hydrogen-bond acceptors (Lipinski definition) is 3. The monoisotopic (exact) mass is 282 g/mol. The first-order valence-electron chi connectivity index (χ1n) is 5.33. The number of anilines is 1. The predicted molar refractivity (Wildman–Crippen MR) is 73.7 cm³/mol. The molecule has 0 saturated carbocycles. The van der Waals surface area contributed by atoms with Crippen molar-refractivity contribution >= 4 is 29.1 Å². The number of nitrogen functional groups attached to an aromatic ring is 1. The number of nitrogens with two attached hydrogens (primary N) is 1. The van der Waals surface area contributed by atoms with E-state index in [1.165, 1.54) is 23.9 Å². The molecule has 0 aliphatic carbocycles. The molecule has 1 aromatic heterocycles. The minimum atomic E-state index is -0.508. The second-order valence-corrected chi connectivity index (χ2v) is 5.50. The zero-order valence-electron chi connectivity index (χ0n) is 10.00. The van der Waals surface area contributed by atoms with Crippen LogP contribution >= 0.6 is 23.4 Å². The Labute approximate surface area is 114 Å². The Kier molecular flexibility index (Phi) is 3.78. The molecule has 0 bridgehead atoms. The van der Waals surface area contributed by atoms with Crippen LogP contribution in [0.1, 0.15) is 11.3 Å². The summed E-state index contributed by atoms with van der Waals surface area (Å²) in [5.41, 5.74) is 8.19. The molecule has 0 fully saturated rings. The summed E-state index contributed by atoms with van der Waals surface area (Å²) in [6, 6.07) is 6.70. The Morgan fingerprint density at radius 3 is 2.61 bits per heavy atom. The molecule has 1 aromatic carbocycles. The number of nitrogens with zero attached hydrogens (tertiary/aromatic N) is 1. The normalized spacial score (nSPS) is 10.7. The van der Waals surface area contributed by atoms with Crippen LogP contribution in [0, 0.1) is 19.7 Å². The van der Waals surface area contributed by atoms with Crippen LogP contribution in [0.3, 0.4) is 0 Å². The van der Waals surface area contributed by atoms with E-state index in [1.54, 1.807) is 0 Å². The molecule has 0 atom stereocenters. The molecular weight excluding hydrogens is 271 g/mol. The van der Waals surface area contributed by atoms with Crippen molar-refractivity contribution in [2.45, 2.75) is 23.8 Å². The molecule has 0 radical (unpaired) electrons. The second kappa shape index (κ2) is 5.16. The SMILES string of the molecule is Cc1cc(C)nc(Sc2cc(Cl)c(F)cc2N)c1. The molecule has 5 heteroatoms. The minimum absolute atomic E-state index is 0.0658. The average Bonchev–Trinajstić information content (AvgIpc) is 2.24. The number of rotatable bonds is 2. The second-order valence-electron chi connectivity index (χ2n) is 4.03. The van der Waals surface area contributed by atoms with Gasteiger partial charge in [0, 0.05) is 16.3 Å². The van der Waals surface area contributed by atoms with Gasteiger partial charge in [-0.2, -0.15) is 0 Å². The first kappa shape index (κ1) is 13.2. The summed E-state index contributed by atoms with van der Waals surface area (Å²) in [7, 11) is 0. The third kappa shape index (κ3) is 2.94. The molecular formula is C13H12ClFN2S. The number of hydrogen-bond donors (Lipinski definition) is 1. The third-order valence-electron chi connectivity index (χ3n) is 2.34. The summed E-state index contributed by atoms with van der Waals surface area (Å²) in [6.07, 6.45) is 0. The van der Waals surface area contributed by atoms with E-state index in [0.717, 1.165) is 16.3 Å². The highest BCUT2D eigenvalue weighted by Crippen LogP contribution is 2.34. The lowest BCUT2D eigenvalue weighted by Gasteiger charge is -2.07. The Morgan fingerprint density at radius 1 is 1.22 bits per heavy atom. The van der Waals surface area contributed by atoms with Gasteiger partial charge >= 0.3 is 0 Å². The summed E-state index contributed by atoms with van der Waals surface area (Å²) in [6.45, 7) is 3.93. The van der Waals surface area contributed by atoms with Gasteiger partial charge in [-0.25, -0.2) is 9.37 Å². The first-order chi connectivity index (χ1) is 8.45. The van der Waals surface area contributed by atoms with Gasteiger partial charge in [-0.1, -0.05) is 23.4 Å². The molecule has 2 rings (SSSR count). The fourth-order valence-electron chi connectivity index (χ4n) is 1.60. The van der Waals surface area contributed by atoms with Crippen LogP contribution in [0.4, 0.5) is 10.1 Å². The molecule has 0 saturated heterocycles. The Morgan fingerprint density at radius 2 is 1.94 bits per heavy atom. The van der Waals surface area contributed by atoms with Crippen molar-refractivity contribution in [1.82, 2.24) is 4.98 Å². The molecule has 2 nitrogen and oxygen atoms in total. The number of aryl methyl sites for hydroxylation is 2. The van der Waals surface area contributed by atoms with Crippen molar-refractivity contribution in [1.29, 1.82) is 0 Å². The summed E-state index contributed by atoms with van der Waals surface area (Å²) < 4.78 is 13.2. The Bertz CT molecular complexity index is 582.